The van der Waals surface area contributed by atoms with Crippen LogP contribution in [0.5, 0.6) is 0 Å². The van der Waals surface area contributed by atoms with Crippen molar-refractivity contribution in [3.63, 3.8) is 0 Å². The maximum atomic E-state index is 14.1. The molecule has 9 heteroatoms. The fourth-order valence-electron chi connectivity index (χ4n) is 9.49. The Balaban J connectivity index is 1.37. The Morgan fingerprint density at radius 2 is 1.91 bits per heavy atom. The minimum atomic E-state index is -1.47. The van der Waals surface area contributed by atoms with Gasteiger partial charge in [0.05, 0.1) is 40.5 Å². The van der Waals surface area contributed by atoms with E-state index in [0.717, 1.165) is 6.29 Å². The molecule has 8 rings (SSSR count). The van der Waals surface area contributed by atoms with Crippen LogP contribution in [0.1, 0.15) is 63.9 Å². The van der Waals surface area contributed by atoms with E-state index in [4.69, 9.17) is 18.6 Å². The summed E-state index contributed by atoms with van der Waals surface area (Å²) in [6, 6.07) is 2.93. The molecule has 1 spiro atoms. The van der Waals surface area contributed by atoms with Gasteiger partial charge in [-0.1, -0.05) is 0 Å². The standard InChI is InChI=1S/C26H30O9/c1-22-15(13-3-4-18(28)32-11-13)6-8-26(22,31)16-5-7-24-10-14-9-17(34-23(2,33-14)35-24)25(24,12-27)19(16)20(29)21(22)30/h3-4,11-12,14-17,19-20,29,31H,5-10H2,1-2H3. The lowest BCUT2D eigenvalue weighted by Gasteiger charge is -2.73. The number of aldehydes is 1. The predicted molar refractivity (Wildman–Crippen MR) is 117 cm³/mol. The van der Waals surface area contributed by atoms with Gasteiger partial charge in [0, 0.05) is 37.7 Å². The van der Waals surface area contributed by atoms with E-state index in [1.165, 1.54) is 12.3 Å². The van der Waals surface area contributed by atoms with E-state index in [1.807, 2.05) is 0 Å². The number of aliphatic hydroxyl groups excluding tert-OH is 1. The van der Waals surface area contributed by atoms with Crippen molar-refractivity contribution in [1.82, 2.24) is 0 Å². The summed E-state index contributed by atoms with van der Waals surface area (Å²) < 4.78 is 23.5. The molecule has 11 atom stereocenters. The number of ketones is 1. The predicted octanol–water partition coefficient (Wildman–Crippen LogP) is 1.43. The Kier molecular flexibility index (Phi) is 4.14. The van der Waals surface area contributed by atoms with Gasteiger partial charge in [-0.2, -0.15) is 0 Å². The number of ether oxygens (including phenoxy) is 3. The van der Waals surface area contributed by atoms with Crippen LogP contribution >= 0.6 is 0 Å². The van der Waals surface area contributed by atoms with Gasteiger partial charge in [-0.3, -0.25) is 4.79 Å². The van der Waals surface area contributed by atoms with E-state index in [2.05, 4.69) is 0 Å². The molecule has 3 saturated heterocycles. The van der Waals surface area contributed by atoms with E-state index >= 15 is 0 Å². The summed E-state index contributed by atoms with van der Waals surface area (Å²) in [4.78, 5) is 38.7. The van der Waals surface area contributed by atoms with Crippen LogP contribution in [0.4, 0.5) is 0 Å². The molecule has 11 unspecified atom stereocenters. The third kappa shape index (κ3) is 2.31. The third-order valence-corrected chi connectivity index (χ3v) is 10.8. The van der Waals surface area contributed by atoms with Crippen molar-refractivity contribution >= 4 is 12.1 Å². The van der Waals surface area contributed by atoms with Crippen molar-refractivity contribution in [2.45, 2.75) is 93.8 Å². The molecular weight excluding hydrogens is 456 g/mol. The highest BCUT2D eigenvalue weighted by Crippen LogP contribution is 2.73. The minimum absolute atomic E-state index is 0.120. The number of carbonyl (C=O) groups is 2. The molecule has 0 amide bonds. The molecule has 188 valence electrons. The summed E-state index contributed by atoms with van der Waals surface area (Å²) in [5.41, 5.74) is -4.77. The summed E-state index contributed by atoms with van der Waals surface area (Å²) in [5.74, 6) is -3.50. The van der Waals surface area contributed by atoms with Crippen molar-refractivity contribution in [2.75, 3.05) is 0 Å². The molecule has 7 fully saturated rings. The van der Waals surface area contributed by atoms with Gasteiger partial charge >= 0.3 is 5.63 Å². The normalized spacial score (nSPS) is 55.8. The van der Waals surface area contributed by atoms with E-state index < -0.39 is 69.4 Å². The van der Waals surface area contributed by atoms with Crippen LogP contribution in [0.25, 0.3) is 0 Å². The lowest BCUT2D eigenvalue weighted by molar-refractivity contribution is -0.542. The molecule has 4 aliphatic carbocycles. The van der Waals surface area contributed by atoms with Gasteiger partial charge in [-0.25, -0.2) is 4.79 Å². The molecule has 4 heterocycles. The Bertz CT molecular complexity index is 1180. The average molecular weight is 487 g/mol. The van der Waals surface area contributed by atoms with Crippen LogP contribution < -0.4 is 5.63 Å². The molecule has 2 N–H and O–H groups in total. The van der Waals surface area contributed by atoms with Crippen molar-refractivity contribution in [3.05, 3.63) is 34.4 Å². The first-order valence-corrected chi connectivity index (χ1v) is 12.6. The second-order valence-electron chi connectivity index (χ2n) is 11.9. The molecule has 1 aromatic heterocycles. The van der Waals surface area contributed by atoms with Crippen LogP contribution in [0.15, 0.2) is 27.6 Å². The number of fused-ring (bicyclic) bond motifs is 3. The lowest BCUT2D eigenvalue weighted by Crippen LogP contribution is -2.83. The molecule has 0 aromatic carbocycles. The summed E-state index contributed by atoms with van der Waals surface area (Å²) in [6.07, 6.45) is 2.83. The molecule has 7 aliphatic rings. The molecule has 3 aliphatic heterocycles. The maximum absolute atomic E-state index is 14.1. The lowest BCUT2D eigenvalue weighted by atomic mass is 9.39. The molecule has 4 bridgehead atoms. The maximum Gasteiger partial charge on any atom is 0.335 e. The number of hydrogen-bond acceptors (Lipinski definition) is 9. The number of rotatable bonds is 2. The van der Waals surface area contributed by atoms with Crippen molar-refractivity contribution in [2.24, 2.45) is 22.7 Å². The zero-order chi connectivity index (χ0) is 24.6. The van der Waals surface area contributed by atoms with Gasteiger partial charge in [0.15, 0.2) is 5.78 Å². The molecule has 9 nitrogen and oxygen atoms in total. The zero-order valence-corrected chi connectivity index (χ0v) is 19.8. The molecular formula is C26H30O9. The zero-order valence-electron chi connectivity index (χ0n) is 19.8. The van der Waals surface area contributed by atoms with Crippen LogP contribution in [0, 0.1) is 22.7 Å². The first kappa shape index (κ1) is 22.3. The van der Waals surface area contributed by atoms with Crippen LogP contribution in [-0.2, 0) is 23.8 Å². The SMILES string of the molecule is CC12OC3CC(O1)C1(C=O)C4C(O)C(=O)C5(C)C(c6ccc(=O)oc6)CCC5(O)C4CCC1(C3)O2. The van der Waals surface area contributed by atoms with Crippen LogP contribution in [-0.4, -0.2) is 57.8 Å². The number of aliphatic hydroxyl groups is 2. The Labute approximate surface area is 201 Å². The van der Waals surface area contributed by atoms with Gasteiger partial charge in [0.1, 0.15) is 12.4 Å². The van der Waals surface area contributed by atoms with Gasteiger partial charge in [0.2, 0.25) is 0 Å². The van der Waals surface area contributed by atoms with Gasteiger partial charge in [-0.15, -0.1) is 0 Å². The van der Waals surface area contributed by atoms with Crippen LogP contribution in [0.2, 0.25) is 0 Å². The van der Waals surface area contributed by atoms with Crippen molar-refractivity contribution < 1.29 is 38.4 Å². The van der Waals surface area contributed by atoms with E-state index in [0.29, 0.717) is 44.1 Å². The summed E-state index contributed by atoms with van der Waals surface area (Å²) in [7, 11) is 0. The van der Waals surface area contributed by atoms with E-state index in [1.54, 1.807) is 19.9 Å². The van der Waals surface area contributed by atoms with E-state index in [9.17, 15) is 24.6 Å². The largest absolute Gasteiger partial charge is 0.431 e. The second kappa shape index (κ2) is 6.50. The minimum Gasteiger partial charge on any atom is -0.431 e. The highest BCUT2D eigenvalue weighted by atomic mass is 16.9. The van der Waals surface area contributed by atoms with Gasteiger partial charge in [0.25, 0.3) is 5.97 Å². The monoisotopic (exact) mass is 486 g/mol. The molecule has 4 saturated carbocycles. The Morgan fingerprint density at radius 1 is 1.11 bits per heavy atom. The fraction of sp³-hybridized carbons (Fsp3) is 0.731. The molecule has 0 radical (unpaired) electrons. The highest BCUT2D eigenvalue weighted by molar-refractivity contribution is 5.93. The number of Topliss-reactive ketones (excluding diaryl/α,β-unsaturated/α-hetero) is 1. The van der Waals surface area contributed by atoms with E-state index in [-0.39, 0.29) is 6.10 Å². The Hall–Kier alpha value is -1.91. The second-order valence-corrected chi connectivity index (χ2v) is 11.9. The smallest absolute Gasteiger partial charge is 0.335 e. The van der Waals surface area contributed by atoms with Crippen LogP contribution in [0.3, 0.4) is 0 Å². The first-order valence-electron chi connectivity index (χ1n) is 12.6. The summed E-state index contributed by atoms with van der Waals surface area (Å²) in [6.45, 7) is 3.43. The summed E-state index contributed by atoms with van der Waals surface area (Å²) >= 11 is 0. The van der Waals surface area contributed by atoms with Gasteiger partial charge in [-0.05, 0) is 50.2 Å². The third-order valence-electron chi connectivity index (χ3n) is 10.8. The van der Waals surface area contributed by atoms with Crippen molar-refractivity contribution in [1.29, 1.82) is 0 Å². The highest BCUT2D eigenvalue weighted by Gasteiger charge is 2.82. The number of hydrogen-bond donors (Lipinski definition) is 2. The average Bonchev–Trinajstić information content (AvgIpc) is 3.09. The van der Waals surface area contributed by atoms with Crippen molar-refractivity contribution in [3.8, 4) is 0 Å². The quantitative estimate of drug-likeness (QED) is 0.596. The van der Waals surface area contributed by atoms with Gasteiger partial charge < -0.3 is 33.6 Å². The topological polar surface area (TPSA) is 132 Å². The summed E-state index contributed by atoms with van der Waals surface area (Å²) in [5, 5.41) is 24.1. The molecule has 35 heavy (non-hydrogen) atoms. The molecule has 1 aromatic rings. The fourth-order valence-corrected chi connectivity index (χ4v) is 9.49. The first-order chi connectivity index (χ1) is 16.5. The Morgan fingerprint density at radius 3 is 2.60 bits per heavy atom. The number of carbonyl (C=O) groups excluding carboxylic acids is 2.